The van der Waals surface area contributed by atoms with Crippen LogP contribution in [0.5, 0.6) is 0 Å². The number of hydrogen-bond donors (Lipinski definition) is 2. The fraction of sp³-hybridized carbons (Fsp3) is 0.429. The Morgan fingerprint density at radius 2 is 2.08 bits per heavy atom. The molecule has 2 aromatic heterocycles. The maximum Gasteiger partial charge on any atom is 0.227 e. The third-order valence-corrected chi connectivity index (χ3v) is 5.70. The van der Waals surface area contributed by atoms with Gasteiger partial charge in [0, 0.05) is 48.0 Å². The first-order chi connectivity index (χ1) is 12.5. The van der Waals surface area contributed by atoms with Crippen molar-refractivity contribution in [3.63, 3.8) is 0 Å². The van der Waals surface area contributed by atoms with E-state index in [1.807, 2.05) is 11.1 Å². The third kappa shape index (κ3) is 2.91. The number of amides is 1. The van der Waals surface area contributed by atoms with Gasteiger partial charge < -0.3 is 14.9 Å². The first-order valence-corrected chi connectivity index (χ1v) is 9.39. The molecule has 136 valence electrons. The minimum absolute atomic E-state index is 0.214. The van der Waals surface area contributed by atoms with E-state index in [9.17, 15) is 4.79 Å². The molecule has 3 aromatic rings. The largest absolute Gasteiger partial charge is 0.358 e. The van der Waals surface area contributed by atoms with Crippen LogP contribution in [0.3, 0.4) is 0 Å². The molecule has 5 nitrogen and oxygen atoms in total. The molecule has 1 saturated heterocycles. The Labute approximate surface area is 153 Å². The number of nitrogens with one attached hydrogen (secondary N) is 2. The van der Waals surface area contributed by atoms with Crippen LogP contribution >= 0.6 is 0 Å². The second kappa shape index (κ2) is 6.63. The molecule has 0 bridgehead atoms. The Bertz CT molecular complexity index is 939. The van der Waals surface area contributed by atoms with Crippen LogP contribution in [0.25, 0.3) is 10.9 Å². The highest BCUT2D eigenvalue weighted by molar-refractivity contribution is 5.93. The summed E-state index contributed by atoms with van der Waals surface area (Å²) in [7, 11) is 0. The molecule has 1 aliphatic rings. The zero-order valence-corrected chi connectivity index (χ0v) is 15.7. The fourth-order valence-corrected chi connectivity index (χ4v) is 4.22. The molecule has 1 fully saturated rings. The summed E-state index contributed by atoms with van der Waals surface area (Å²) in [6.45, 7) is 7.91. The van der Waals surface area contributed by atoms with E-state index < -0.39 is 0 Å². The number of H-pyrrole nitrogens is 2. The maximum absolute atomic E-state index is 13.1. The Morgan fingerprint density at radius 1 is 1.27 bits per heavy atom. The summed E-state index contributed by atoms with van der Waals surface area (Å²) in [4.78, 5) is 26.2. The Balaban J connectivity index is 1.58. The van der Waals surface area contributed by atoms with E-state index in [0.29, 0.717) is 12.3 Å². The van der Waals surface area contributed by atoms with Gasteiger partial charge in [-0.3, -0.25) is 4.79 Å². The molecule has 1 atom stereocenters. The van der Waals surface area contributed by atoms with Crippen molar-refractivity contribution in [2.24, 2.45) is 0 Å². The molecule has 0 spiro atoms. The predicted molar refractivity (Wildman–Crippen MR) is 103 cm³/mol. The molecule has 0 radical (unpaired) electrons. The number of rotatable bonds is 3. The second-order valence-corrected chi connectivity index (χ2v) is 7.51. The van der Waals surface area contributed by atoms with E-state index in [1.54, 1.807) is 6.20 Å². The van der Waals surface area contributed by atoms with Crippen LogP contribution in [0.15, 0.2) is 24.5 Å². The summed E-state index contributed by atoms with van der Waals surface area (Å²) in [5.74, 6) is 1.53. The first-order valence-electron chi connectivity index (χ1n) is 9.39. The van der Waals surface area contributed by atoms with E-state index >= 15 is 0 Å². The minimum atomic E-state index is 0.214. The molecule has 0 aliphatic carbocycles. The van der Waals surface area contributed by atoms with E-state index in [1.165, 1.54) is 16.5 Å². The van der Waals surface area contributed by atoms with Crippen LogP contribution in [0.2, 0.25) is 0 Å². The van der Waals surface area contributed by atoms with Gasteiger partial charge in [0.2, 0.25) is 5.91 Å². The molecule has 5 heteroatoms. The van der Waals surface area contributed by atoms with Gasteiger partial charge in [-0.25, -0.2) is 4.98 Å². The molecular formula is C21H26N4O. The zero-order chi connectivity index (χ0) is 18.3. The Hall–Kier alpha value is -2.56. The van der Waals surface area contributed by atoms with E-state index in [-0.39, 0.29) is 5.91 Å². The van der Waals surface area contributed by atoms with E-state index in [4.69, 9.17) is 0 Å². The molecule has 26 heavy (non-hydrogen) atoms. The van der Waals surface area contributed by atoms with Crippen LogP contribution in [0.4, 0.5) is 0 Å². The van der Waals surface area contributed by atoms with Crippen LogP contribution < -0.4 is 0 Å². The van der Waals surface area contributed by atoms with Gasteiger partial charge in [0.25, 0.3) is 0 Å². The standard InChI is InChI=1S/C21H26N4O/c1-13-6-7-14(2)20-19(13)17(15(3)24-20)11-18(26)25-10-4-5-16(12-25)21-22-8-9-23-21/h6-9,16,24H,4-5,10-12H2,1-3H3,(H,22,23). The highest BCUT2D eigenvalue weighted by atomic mass is 16.2. The molecule has 1 amide bonds. The molecule has 2 N–H and O–H groups in total. The Kier molecular flexibility index (Phi) is 4.31. The van der Waals surface area contributed by atoms with Gasteiger partial charge in [0.15, 0.2) is 0 Å². The number of aromatic amines is 2. The lowest BCUT2D eigenvalue weighted by atomic mass is 9.96. The second-order valence-electron chi connectivity index (χ2n) is 7.51. The highest BCUT2D eigenvalue weighted by Crippen LogP contribution is 2.30. The van der Waals surface area contributed by atoms with E-state index in [0.717, 1.165) is 48.5 Å². The van der Waals surface area contributed by atoms with Crippen molar-refractivity contribution in [1.82, 2.24) is 19.9 Å². The number of carbonyl (C=O) groups is 1. The van der Waals surface area contributed by atoms with Crippen LogP contribution in [-0.2, 0) is 11.2 Å². The number of aryl methyl sites for hydroxylation is 3. The molecule has 3 heterocycles. The van der Waals surface area contributed by atoms with Gasteiger partial charge in [0.1, 0.15) is 5.82 Å². The molecule has 1 unspecified atom stereocenters. The summed E-state index contributed by atoms with van der Waals surface area (Å²) in [6, 6.07) is 4.28. The third-order valence-electron chi connectivity index (χ3n) is 5.70. The topological polar surface area (TPSA) is 64.8 Å². The fourth-order valence-electron chi connectivity index (χ4n) is 4.22. The van der Waals surface area contributed by atoms with Crippen molar-refractivity contribution in [3.8, 4) is 0 Å². The van der Waals surface area contributed by atoms with Crippen molar-refractivity contribution in [1.29, 1.82) is 0 Å². The van der Waals surface area contributed by atoms with E-state index in [2.05, 4.69) is 47.9 Å². The van der Waals surface area contributed by atoms with Gasteiger partial charge >= 0.3 is 0 Å². The molecule has 0 saturated carbocycles. The highest BCUT2D eigenvalue weighted by Gasteiger charge is 2.27. The monoisotopic (exact) mass is 350 g/mol. The predicted octanol–water partition coefficient (Wildman–Crippen LogP) is 3.76. The number of imidazole rings is 1. The number of fused-ring (bicyclic) bond motifs is 1. The number of benzene rings is 1. The first kappa shape index (κ1) is 16.9. The van der Waals surface area contributed by atoms with Gasteiger partial charge in [-0.1, -0.05) is 12.1 Å². The molecule has 1 aromatic carbocycles. The number of nitrogens with zero attached hydrogens (tertiary/aromatic N) is 2. The van der Waals surface area contributed by atoms with Crippen molar-refractivity contribution in [3.05, 3.63) is 52.7 Å². The maximum atomic E-state index is 13.1. The van der Waals surface area contributed by atoms with Crippen molar-refractivity contribution in [2.45, 2.75) is 46.0 Å². The lowest BCUT2D eigenvalue weighted by Crippen LogP contribution is -2.40. The average molecular weight is 350 g/mol. The van der Waals surface area contributed by atoms with Gasteiger partial charge in [-0.15, -0.1) is 0 Å². The van der Waals surface area contributed by atoms with Crippen LogP contribution in [0, 0.1) is 20.8 Å². The summed E-state index contributed by atoms with van der Waals surface area (Å²) in [5, 5.41) is 1.22. The zero-order valence-electron chi connectivity index (χ0n) is 15.7. The lowest BCUT2D eigenvalue weighted by molar-refractivity contribution is -0.131. The Morgan fingerprint density at radius 3 is 2.85 bits per heavy atom. The SMILES string of the molecule is Cc1[nH]c2c(C)ccc(C)c2c1CC(=O)N1CCCC(c2ncc[nH]2)C1. The minimum Gasteiger partial charge on any atom is -0.358 e. The van der Waals surface area contributed by atoms with Crippen molar-refractivity contribution < 1.29 is 4.79 Å². The molecule has 1 aliphatic heterocycles. The summed E-state index contributed by atoms with van der Waals surface area (Å²) < 4.78 is 0. The van der Waals surface area contributed by atoms with Crippen molar-refractivity contribution in [2.75, 3.05) is 13.1 Å². The average Bonchev–Trinajstić information content (AvgIpc) is 3.28. The van der Waals surface area contributed by atoms with Crippen LogP contribution in [0.1, 0.15) is 47.0 Å². The smallest absolute Gasteiger partial charge is 0.227 e. The summed E-state index contributed by atoms with van der Waals surface area (Å²) in [5.41, 5.74) is 5.86. The molecular weight excluding hydrogens is 324 g/mol. The normalized spacial score (nSPS) is 17.8. The van der Waals surface area contributed by atoms with Gasteiger partial charge in [-0.2, -0.15) is 0 Å². The number of hydrogen-bond acceptors (Lipinski definition) is 2. The van der Waals surface area contributed by atoms with Gasteiger partial charge in [-0.05, 0) is 50.3 Å². The number of piperidine rings is 1. The quantitative estimate of drug-likeness (QED) is 0.755. The molecule has 4 rings (SSSR count). The summed E-state index contributed by atoms with van der Waals surface area (Å²) >= 11 is 0. The van der Waals surface area contributed by atoms with Gasteiger partial charge in [0.05, 0.1) is 6.42 Å². The number of likely N-dealkylation sites (tertiary alicyclic amines) is 1. The number of carbonyl (C=O) groups excluding carboxylic acids is 1. The lowest BCUT2D eigenvalue weighted by Gasteiger charge is -2.32. The van der Waals surface area contributed by atoms with Crippen LogP contribution in [-0.4, -0.2) is 38.8 Å². The summed E-state index contributed by atoms with van der Waals surface area (Å²) in [6.07, 6.45) is 6.22. The number of aromatic nitrogens is 3. The van der Waals surface area contributed by atoms with Crippen molar-refractivity contribution >= 4 is 16.8 Å².